The van der Waals surface area contributed by atoms with Crippen LogP contribution >= 0.6 is 11.3 Å². The first-order valence-corrected chi connectivity index (χ1v) is 20.7. The average molecular weight is 774 g/mol. The van der Waals surface area contributed by atoms with Crippen molar-refractivity contribution in [3.05, 3.63) is 193 Å². The number of rotatable bonds is 4. The molecule has 13 rings (SSSR count). The molecule has 1 atom stereocenters. The molecule has 9 aromatic carbocycles. The van der Waals surface area contributed by atoms with Crippen LogP contribution in [0.3, 0.4) is 0 Å². The Morgan fingerprint density at radius 1 is 0.475 bits per heavy atom. The molecule has 1 N–H and O–H groups in total. The molecule has 5 nitrogen and oxygen atoms in total. The zero-order valence-corrected chi connectivity index (χ0v) is 32.3. The molecule has 59 heavy (non-hydrogen) atoms. The normalized spacial score (nSPS) is 14.6. The van der Waals surface area contributed by atoms with E-state index in [4.69, 9.17) is 18.8 Å². The third kappa shape index (κ3) is 4.90. The van der Waals surface area contributed by atoms with Gasteiger partial charge in [-0.2, -0.15) is 0 Å². The number of benzene rings is 9. The van der Waals surface area contributed by atoms with Gasteiger partial charge in [-0.25, -0.2) is 9.98 Å². The summed E-state index contributed by atoms with van der Waals surface area (Å²) in [5.74, 6) is 1.40. The van der Waals surface area contributed by atoms with Gasteiger partial charge >= 0.3 is 0 Å². The van der Waals surface area contributed by atoms with Crippen LogP contribution in [0.15, 0.2) is 195 Å². The standard InChI is InChI=1S/C53H31N3O2S/c1-2-14-32-30(13-1)27-42(35-16-4-3-15-34(32)35)52-54-51(41-23-12-22-39-37-18-7-10-26-47(37)59-50(39)41)55-53(56-52)43-28-31(29-46-48(43)40-19-6-9-25-45(40)57-46)33-20-11-21-38-36-17-5-8-24-44(36)58-49(33)38/h1-29,51H,(H,54,55,56). The maximum absolute atomic E-state index is 6.69. The Morgan fingerprint density at radius 3 is 2.03 bits per heavy atom. The first-order valence-electron chi connectivity index (χ1n) is 19.8. The van der Waals surface area contributed by atoms with Gasteiger partial charge in [0.2, 0.25) is 0 Å². The summed E-state index contributed by atoms with van der Waals surface area (Å²) in [5, 5.41) is 15.2. The molecule has 1 unspecified atom stereocenters. The monoisotopic (exact) mass is 773 g/mol. The number of aliphatic imine (C=N–C) groups is 2. The molecule has 1 aliphatic rings. The van der Waals surface area contributed by atoms with E-state index in [1.54, 1.807) is 0 Å². The molecular weight excluding hydrogens is 743 g/mol. The van der Waals surface area contributed by atoms with Crippen molar-refractivity contribution in [2.75, 3.05) is 0 Å². The van der Waals surface area contributed by atoms with E-state index in [0.29, 0.717) is 5.84 Å². The van der Waals surface area contributed by atoms with Crippen LogP contribution < -0.4 is 5.32 Å². The van der Waals surface area contributed by atoms with Crippen molar-refractivity contribution >= 4 is 109 Å². The predicted octanol–water partition coefficient (Wildman–Crippen LogP) is 14.3. The number of thiophene rings is 1. The zero-order chi connectivity index (χ0) is 38.6. The topological polar surface area (TPSA) is 63.0 Å². The molecule has 12 aromatic rings. The highest BCUT2D eigenvalue weighted by molar-refractivity contribution is 7.26. The molecule has 0 spiro atoms. The first-order chi connectivity index (χ1) is 29.2. The Hall–Kier alpha value is -7.54. The number of nitrogens with zero attached hydrogens (tertiary/aromatic N) is 2. The molecule has 0 saturated carbocycles. The van der Waals surface area contributed by atoms with E-state index in [2.05, 4.69) is 157 Å². The number of nitrogens with one attached hydrogen (secondary N) is 1. The van der Waals surface area contributed by atoms with Crippen molar-refractivity contribution in [2.24, 2.45) is 9.98 Å². The second kappa shape index (κ2) is 12.5. The van der Waals surface area contributed by atoms with Crippen LogP contribution in [0.2, 0.25) is 0 Å². The largest absolute Gasteiger partial charge is 0.456 e. The lowest BCUT2D eigenvalue weighted by molar-refractivity contribution is 0.668. The number of furan rings is 2. The van der Waals surface area contributed by atoms with Crippen LogP contribution in [0, 0.1) is 0 Å². The fraction of sp³-hybridized carbons (Fsp3) is 0.0189. The molecule has 6 heteroatoms. The molecule has 0 aliphatic carbocycles. The summed E-state index contributed by atoms with van der Waals surface area (Å²) < 4.78 is 15.7. The third-order valence-electron chi connectivity index (χ3n) is 11.9. The summed E-state index contributed by atoms with van der Waals surface area (Å²) in [4.78, 5) is 11.1. The minimum absolute atomic E-state index is 0.435. The van der Waals surface area contributed by atoms with E-state index < -0.39 is 6.17 Å². The predicted molar refractivity (Wildman–Crippen MR) is 246 cm³/mol. The molecule has 0 amide bonds. The van der Waals surface area contributed by atoms with E-state index in [-0.39, 0.29) is 0 Å². The lowest BCUT2D eigenvalue weighted by Crippen LogP contribution is -2.33. The van der Waals surface area contributed by atoms with Gasteiger partial charge in [0.1, 0.15) is 34.3 Å². The van der Waals surface area contributed by atoms with Crippen molar-refractivity contribution in [1.82, 2.24) is 5.32 Å². The molecular formula is C53H31N3O2S. The fourth-order valence-electron chi connectivity index (χ4n) is 9.26. The summed E-state index contributed by atoms with van der Waals surface area (Å²) in [6.07, 6.45) is -0.435. The smallest absolute Gasteiger partial charge is 0.160 e. The van der Waals surface area contributed by atoms with Gasteiger partial charge in [0.05, 0.1) is 0 Å². The van der Waals surface area contributed by atoms with Crippen LogP contribution in [-0.4, -0.2) is 11.7 Å². The number of hydrogen-bond acceptors (Lipinski definition) is 6. The van der Waals surface area contributed by atoms with Gasteiger partial charge in [0.15, 0.2) is 5.84 Å². The lowest BCUT2D eigenvalue weighted by Gasteiger charge is -2.25. The Kier molecular flexibility index (Phi) is 6.88. The van der Waals surface area contributed by atoms with Gasteiger partial charge < -0.3 is 14.2 Å². The molecule has 0 saturated heterocycles. The van der Waals surface area contributed by atoms with Crippen LogP contribution in [0.25, 0.3) is 96.7 Å². The molecule has 0 radical (unpaired) electrons. The Morgan fingerprint density at radius 2 is 1.15 bits per heavy atom. The van der Waals surface area contributed by atoms with Crippen molar-refractivity contribution < 1.29 is 8.83 Å². The maximum Gasteiger partial charge on any atom is 0.160 e. The van der Waals surface area contributed by atoms with E-state index in [0.717, 1.165) is 88.3 Å². The molecule has 3 aromatic heterocycles. The number of amidine groups is 2. The van der Waals surface area contributed by atoms with Gasteiger partial charge in [-0.3, -0.25) is 0 Å². The summed E-state index contributed by atoms with van der Waals surface area (Å²) in [5.41, 5.74) is 8.25. The third-order valence-corrected chi connectivity index (χ3v) is 13.2. The quantitative estimate of drug-likeness (QED) is 0.181. The Balaban J connectivity index is 1.11. The minimum atomic E-state index is -0.435. The van der Waals surface area contributed by atoms with E-state index >= 15 is 0 Å². The van der Waals surface area contributed by atoms with Gasteiger partial charge in [-0.15, -0.1) is 11.3 Å². The van der Waals surface area contributed by atoms with Crippen LogP contribution in [0.4, 0.5) is 0 Å². The summed E-state index contributed by atoms with van der Waals surface area (Å²) >= 11 is 1.81. The van der Waals surface area contributed by atoms with E-state index in [1.807, 2.05) is 35.6 Å². The molecule has 0 bridgehead atoms. The second-order valence-electron chi connectivity index (χ2n) is 15.2. The molecule has 0 fully saturated rings. The minimum Gasteiger partial charge on any atom is -0.456 e. The average Bonchev–Trinajstić information content (AvgIpc) is 4.00. The van der Waals surface area contributed by atoms with Crippen molar-refractivity contribution in [3.63, 3.8) is 0 Å². The molecule has 4 heterocycles. The Labute approximate surface area is 341 Å². The number of fused-ring (bicyclic) bond motifs is 12. The summed E-state index contributed by atoms with van der Waals surface area (Å²) in [7, 11) is 0. The number of para-hydroxylation sites is 3. The first kappa shape index (κ1) is 32.5. The molecule has 1 aliphatic heterocycles. The fourth-order valence-corrected chi connectivity index (χ4v) is 10.5. The van der Waals surface area contributed by atoms with Gasteiger partial charge in [-0.1, -0.05) is 140 Å². The van der Waals surface area contributed by atoms with Gasteiger partial charge in [0.25, 0.3) is 0 Å². The lowest BCUT2D eigenvalue weighted by atomic mass is 9.95. The van der Waals surface area contributed by atoms with Crippen LogP contribution in [0.5, 0.6) is 0 Å². The van der Waals surface area contributed by atoms with E-state index in [9.17, 15) is 0 Å². The maximum atomic E-state index is 6.69. The highest BCUT2D eigenvalue weighted by Gasteiger charge is 2.28. The van der Waals surface area contributed by atoms with E-state index in [1.165, 1.54) is 30.9 Å². The molecule has 276 valence electrons. The van der Waals surface area contributed by atoms with Gasteiger partial charge in [-0.05, 0) is 63.5 Å². The highest BCUT2D eigenvalue weighted by Crippen LogP contribution is 2.43. The second-order valence-corrected chi connectivity index (χ2v) is 16.3. The number of hydrogen-bond donors (Lipinski definition) is 1. The summed E-state index contributed by atoms with van der Waals surface area (Å²) in [6.45, 7) is 0. The van der Waals surface area contributed by atoms with Crippen LogP contribution in [-0.2, 0) is 0 Å². The SMILES string of the molecule is c1ccc2c(c1)cc(C1=NC(c3cc(-c4cccc5c4oc4ccccc45)cc4oc5ccccc5c34)=NC(c3cccc4c3sc3ccccc34)N1)c1ccccc12. The highest BCUT2D eigenvalue weighted by atomic mass is 32.1. The zero-order valence-electron chi connectivity index (χ0n) is 31.4. The Bertz CT molecular complexity index is 3790. The summed E-state index contributed by atoms with van der Waals surface area (Å²) in [6, 6.07) is 61.9. The van der Waals surface area contributed by atoms with Gasteiger partial charge in [0, 0.05) is 64.0 Å². The van der Waals surface area contributed by atoms with Crippen LogP contribution in [0.1, 0.15) is 22.9 Å². The van der Waals surface area contributed by atoms with Crippen molar-refractivity contribution in [2.45, 2.75) is 6.17 Å². The van der Waals surface area contributed by atoms with Crippen molar-refractivity contribution in [3.8, 4) is 11.1 Å². The van der Waals surface area contributed by atoms with Crippen molar-refractivity contribution in [1.29, 1.82) is 0 Å².